The lowest BCUT2D eigenvalue weighted by molar-refractivity contribution is 0.0785. The minimum atomic E-state index is -0.0223. The zero-order chi connectivity index (χ0) is 14.5. The quantitative estimate of drug-likeness (QED) is 0.859. The third kappa shape index (κ3) is 3.47. The Hall–Kier alpha value is -2.10. The smallest absolute Gasteiger partial charge is 0.254 e. The molecule has 0 unspecified atom stereocenters. The first-order valence-electron chi connectivity index (χ1n) is 6.10. The Kier molecular flexibility index (Phi) is 4.56. The largest absolute Gasteiger partial charge is 0.337 e. The van der Waals surface area contributed by atoms with E-state index in [1.807, 2.05) is 18.6 Å². The van der Waals surface area contributed by atoms with Gasteiger partial charge in [0.15, 0.2) is 0 Å². The highest BCUT2D eigenvalue weighted by Gasteiger charge is 2.14. The van der Waals surface area contributed by atoms with Crippen molar-refractivity contribution in [2.45, 2.75) is 6.54 Å². The van der Waals surface area contributed by atoms with Crippen LogP contribution in [0.5, 0.6) is 0 Å². The van der Waals surface area contributed by atoms with Gasteiger partial charge < -0.3 is 10.6 Å². The van der Waals surface area contributed by atoms with E-state index < -0.39 is 0 Å². The molecule has 104 valence electrons. The van der Waals surface area contributed by atoms with Crippen molar-refractivity contribution >= 4 is 17.2 Å². The van der Waals surface area contributed by atoms with Gasteiger partial charge in [-0.2, -0.15) is 5.10 Å². The Morgan fingerprint density at radius 3 is 3.05 bits per heavy atom. The molecule has 0 saturated carbocycles. The van der Waals surface area contributed by atoms with Gasteiger partial charge in [-0.1, -0.05) is 11.8 Å². The molecule has 0 bridgehead atoms. The molecule has 2 aromatic heterocycles. The first-order valence-corrected chi connectivity index (χ1v) is 6.98. The van der Waals surface area contributed by atoms with Gasteiger partial charge in [-0.25, -0.2) is 0 Å². The van der Waals surface area contributed by atoms with Crippen LogP contribution in [0, 0.1) is 11.8 Å². The van der Waals surface area contributed by atoms with E-state index in [-0.39, 0.29) is 5.91 Å². The fourth-order valence-corrected chi connectivity index (χ4v) is 2.52. The molecule has 0 fully saturated rings. The van der Waals surface area contributed by atoms with Crippen LogP contribution in [0.15, 0.2) is 23.8 Å². The van der Waals surface area contributed by atoms with E-state index in [1.165, 1.54) is 11.3 Å². The van der Waals surface area contributed by atoms with Crippen molar-refractivity contribution in [3.05, 3.63) is 39.8 Å². The molecule has 1 amide bonds. The number of thiophene rings is 1. The second-order valence-corrected chi connectivity index (χ2v) is 5.30. The summed E-state index contributed by atoms with van der Waals surface area (Å²) < 4.78 is 1.72. The molecule has 0 spiro atoms. The van der Waals surface area contributed by atoms with Crippen molar-refractivity contribution in [1.82, 2.24) is 14.7 Å². The van der Waals surface area contributed by atoms with E-state index in [0.29, 0.717) is 18.7 Å². The zero-order valence-electron chi connectivity index (χ0n) is 11.5. The number of hydrogen-bond donors (Lipinski definition) is 1. The fraction of sp³-hybridized carbons (Fsp3) is 0.286. The fourth-order valence-electron chi connectivity index (χ4n) is 1.77. The number of rotatable bonds is 3. The Morgan fingerprint density at radius 1 is 1.60 bits per heavy atom. The number of amides is 1. The third-order valence-electron chi connectivity index (χ3n) is 2.68. The van der Waals surface area contributed by atoms with E-state index in [2.05, 4.69) is 16.9 Å². The lowest BCUT2D eigenvalue weighted by Crippen LogP contribution is -2.25. The molecule has 0 radical (unpaired) electrons. The molecule has 2 aromatic rings. The number of carbonyl (C=O) groups excluding carboxylic acids is 1. The molecule has 0 saturated heterocycles. The summed E-state index contributed by atoms with van der Waals surface area (Å²) in [6.07, 6.45) is 3.66. The van der Waals surface area contributed by atoms with Crippen LogP contribution in [0.1, 0.15) is 20.8 Å². The lowest BCUT2D eigenvalue weighted by Gasteiger charge is -2.15. The van der Waals surface area contributed by atoms with Crippen LogP contribution in [-0.4, -0.2) is 34.2 Å². The van der Waals surface area contributed by atoms with Gasteiger partial charge in [0.25, 0.3) is 5.91 Å². The van der Waals surface area contributed by atoms with Crippen molar-refractivity contribution in [2.75, 3.05) is 13.6 Å². The molecule has 0 aliphatic carbocycles. The maximum absolute atomic E-state index is 12.3. The van der Waals surface area contributed by atoms with Crippen LogP contribution in [-0.2, 0) is 13.6 Å². The maximum Gasteiger partial charge on any atom is 0.254 e. The highest BCUT2D eigenvalue weighted by atomic mass is 32.1. The van der Waals surface area contributed by atoms with Crippen molar-refractivity contribution in [2.24, 2.45) is 12.8 Å². The van der Waals surface area contributed by atoms with Gasteiger partial charge in [0.2, 0.25) is 0 Å². The normalized spacial score (nSPS) is 9.95. The molecule has 0 atom stereocenters. The average Bonchev–Trinajstić information content (AvgIpc) is 3.04. The number of aryl methyl sites for hydroxylation is 1. The maximum atomic E-state index is 12.3. The van der Waals surface area contributed by atoms with Crippen LogP contribution >= 0.6 is 11.3 Å². The number of nitrogens with two attached hydrogens (primary N) is 1. The molecule has 5 nitrogen and oxygen atoms in total. The van der Waals surface area contributed by atoms with Crippen LogP contribution < -0.4 is 5.73 Å². The Morgan fingerprint density at radius 2 is 2.40 bits per heavy atom. The number of hydrogen-bond acceptors (Lipinski definition) is 4. The lowest BCUT2D eigenvalue weighted by atomic mass is 10.2. The molecule has 2 N–H and O–H groups in total. The van der Waals surface area contributed by atoms with Gasteiger partial charge in [-0.05, 0) is 6.07 Å². The van der Waals surface area contributed by atoms with Gasteiger partial charge in [0, 0.05) is 37.8 Å². The highest BCUT2D eigenvalue weighted by molar-refractivity contribution is 7.10. The summed E-state index contributed by atoms with van der Waals surface area (Å²) >= 11 is 1.45. The highest BCUT2D eigenvalue weighted by Crippen LogP contribution is 2.16. The summed E-state index contributed by atoms with van der Waals surface area (Å²) in [5, 5.41) is 5.91. The SMILES string of the molecule is CN(Cc1cnn(C)c1)C(=O)c1csc(C#CCN)c1. The van der Waals surface area contributed by atoms with E-state index >= 15 is 0 Å². The molecular formula is C14H16N4OS. The first kappa shape index (κ1) is 14.3. The van der Waals surface area contributed by atoms with E-state index in [0.717, 1.165) is 10.4 Å². The molecule has 2 rings (SSSR count). The zero-order valence-corrected chi connectivity index (χ0v) is 12.3. The van der Waals surface area contributed by atoms with Crippen molar-refractivity contribution in [3.63, 3.8) is 0 Å². The Bertz CT molecular complexity index is 662. The predicted molar refractivity (Wildman–Crippen MR) is 79.3 cm³/mol. The molecule has 20 heavy (non-hydrogen) atoms. The molecule has 0 aromatic carbocycles. The molecule has 6 heteroatoms. The Balaban J connectivity index is 2.04. The van der Waals surface area contributed by atoms with Crippen molar-refractivity contribution in [1.29, 1.82) is 0 Å². The van der Waals surface area contributed by atoms with E-state index in [4.69, 9.17) is 5.73 Å². The number of carbonyl (C=O) groups is 1. The average molecular weight is 288 g/mol. The van der Waals surface area contributed by atoms with Crippen LogP contribution in [0.25, 0.3) is 0 Å². The number of nitrogens with zero attached hydrogens (tertiary/aromatic N) is 3. The van der Waals surface area contributed by atoms with Gasteiger partial charge in [-0.3, -0.25) is 9.48 Å². The van der Waals surface area contributed by atoms with Gasteiger partial charge in [-0.15, -0.1) is 11.3 Å². The third-order valence-corrected chi connectivity index (χ3v) is 3.53. The van der Waals surface area contributed by atoms with Gasteiger partial charge in [0.1, 0.15) is 0 Å². The molecule has 2 heterocycles. The van der Waals surface area contributed by atoms with E-state index in [1.54, 1.807) is 28.9 Å². The summed E-state index contributed by atoms with van der Waals surface area (Å²) in [5.41, 5.74) is 6.98. The van der Waals surface area contributed by atoms with Gasteiger partial charge in [0.05, 0.1) is 23.2 Å². The minimum absolute atomic E-state index is 0.0223. The van der Waals surface area contributed by atoms with Crippen molar-refractivity contribution < 1.29 is 4.79 Å². The van der Waals surface area contributed by atoms with Crippen LogP contribution in [0.4, 0.5) is 0 Å². The van der Waals surface area contributed by atoms with Crippen LogP contribution in [0.2, 0.25) is 0 Å². The second-order valence-electron chi connectivity index (χ2n) is 4.39. The summed E-state index contributed by atoms with van der Waals surface area (Å²) in [6.45, 7) is 0.856. The first-order chi connectivity index (χ1) is 9.60. The minimum Gasteiger partial charge on any atom is -0.337 e. The van der Waals surface area contributed by atoms with Crippen molar-refractivity contribution in [3.8, 4) is 11.8 Å². The topological polar surface area (TPSA) is 64.2 Å². The molecule has 0 aliphatic rings. The standard InChI is InChI=1S/C14H16N4OS/c1-17(8-11-7-16-18(2)9-11)14(19)12-6-13(20-10-12)4-3-5-15/h6-7,9-10H,5,8,15H2,1-2H3. The number of aromatic nitrogens is 2. The summed E-state index contributed by atoms with van der Waals surface area (Å²) in [4.78, 5) is 14.8. The van der Waals surface area contributed by atoms with Crippen LogP contribution in [0.3, 0.4) is 0 Å². The second kappa shape index (κ2) is 6.37. The van der Waals surface area contributed by atoms with E-state index in [9.17, 15) is 4.79 Å². The molecule has 0 aliphatic heterocycles. The summed E-state index contributed by atoms with van der Waals surface area (Å²) in [6, 6.07) is 1.80. The predicted octanol–water partition coefficient (Wildman–Crippen LogP) is 1.06. The van der Waals surface area contributed by atoms with Gasteiger partial charge >= 0.3 is 0 Å². The Labute approximate surface area is 122 Å². The summed E-state index contributed by atoms with van der Waals surface area (Å²) in [5.74, 6) is 5.69. The monoisotopic (exact) mass is 288 g/mol. The molecular weight excluding hydrogens is 272 g/mol. The summed E-state index contributed by atoms with van der Waals surface area (Å²) in [7, 11) is 3.63.